The minimum absolute atomic E-state index is 0.0151. The first-order valence-electron chi connectivity index (χ1n) is 4.70. The van der Waals surface area contributed by atoms with Gasteiger partial charge in [-0.05, 0) is 23.8 Å². The second-order valence-corrected chi connectivity index (χ2v) is 3.80. The van der Waals surface area contributed by atoms with Crippen LogP contribution in [0.25, 0.3) is 0 Å². The topological polar surface area (TPSA) is 48.1 Å². The first-order valence-corrected chi connectivity index (χ1v) is 5.08. The Balaban J connectivity index is 2.26. The average molecular weight is 237 g/mol. The normalized spacial score (nSPS) is 10.3. The van der Waals surface area contributed by atoms with Crippen molar-refractivity contribution in [2.24, 2.45) is 0 Å². The van der Waals surface area contributed by atoms with E-state index in [0.717, 1.165) is 5.56 Å². The predicted octanol–water partition coefficient (Wildman–Crippen LogP) is 3.10. The molecule has 2 aromatic rings. The summed E-state index contributed by atoms with van der Waals surface area (Å²) in [6.07, 6.45) is 3.83. The molecule has 0 aliphatic carbocycles. The zero-order valence-electron chi connectivity index (χ0n) is 8.34. The molecule has 1 aromatic carbocycles. The van der Waals surface area contributed by atoms with E-state index in [1.165, 1.54) is 12.1 Å². The van der Waals surface area contributed by atoms with Crippen molar-refractivity contribution >= 4 is 17.3 Å². The summed E-state index contributed by atoms with van der Waals surface area (Å²) in [5.41, 5.74) is 0.879. The maximum Gasteiger partial charge on any atom is 0.270 e. The van der Waals surface area contributed by atoms with Gasteiger partial charge < -0.3 is 4.57 Å². The van der Waals surface area contributed by atoms with Crippen LogP contribution in [0.5, 0.6) is 0 Å². The highest BCUT2D eigenvalue weighted by Crippen LogP contribution is 2.23. The van der Waals surface area contributed by atoms with Crippen molar-refractivity contribution in [3.05, 3.63) is 63.4 Å². The van der Waals surface area contributed by atoms with Gasteiger partial charge in [0.15, 0.2) is 0 Å². The van der Waals surface area contributed by atoms with Crippen molar-refractivity contribution in [1.29, 1.82) is 0 Å². The van der Waals surface area contributed by atoms with E-state index in [0.29, 0.717) is 11.6 Å². The maximum atomic E-state index is 10.5. The molecule has 1 heterocycles. The van der Waals surface area contributed by atoms with Crippen molar-refractivity contribution in [3.8, 4) is 0 Å². The number of halogens is 1. The van der Waals surface area contributed by atoms with Crippen molar-refractivity contribution in [1.82, 2.24) is 4.57 Å². The summed E-state index contributed by atoms with van der Waals surface area (Å²) >= 11 is 5.97. The van der Waals surface area contributed by atoms with E-state index in [1.54, 1.807) is 6.07 Å². The smallest absolute Gasteiger partial charge is 0.270 e. The molecule has 0 amide bonds. The molecule has 0 radical (unpaired) electrons. The van der Waals surface area contributed by atoms with Gasteiger partial charge in [0.1, 0.15) is 0 Å². The molecule has 1 aromatic heterocycles. The van der Waals surface area contributed by atoms with Crippen LogP contribution in [0, 0.1) is 10.1 Å². The molecule has 0 aliphatic heterocycles. The summed E-state index contributed by atoms with van der Waals surface area (Å²) in [4.78, 5) is 10.1. The van der Waals surface area contributed by atoms with Crippen molar-refractivity contribution in [3.63, 3.8) is 0 Å². The second kappa shape index (κ2) is 4.37. The average Bonchev–Trinajstić information content (AvgIpc) is 2.73. The second-order valence-electron chi connectivity index (χ2n) is 3.39. The van der Waals surface area contributed by atoms with Gasteiger partial charge in [-0.3, -0.25) is 10.1 Å². The number of benzene rings is 1. The van der Waals surface area contributed by atoms with Crippen molar-refractivity contribution in [2.45, 2.75) is 6.54 Å². The summed E-state index contributed by atoms with van der Waals surface area (Å²) in [6, 6.07) is 8.35. The Morgan fingerprint density at radius 2 is 2.00 bits per heavy atom. The van der Waals surface area contributed by atoms with Gasteiger partial charge >= 0.3 is 0 Å². The van der Waals surface area contributed by atoms with Crippen LogP contribution in [0.4, 0.5) is 5.69 Å². The molecule has 0 unspecified atom stereocenters. The lowest BCUT2D eigenvalue weighted by atomic mass is 10.2. The Morgan fingerprint density at radius 3 is 2.56 bits per heavy atom. The molecule has 0 saturated carbocycles. The molecule has 0 atom stereocenters. The molecule has 0 aliphatic rings. The lowest BCUT2D eigenvalue weighted by Gasteiger charge is -2.05. The molecule has 16 heavy (non-hydrogen) atoms. The Bertz CT molecular complexity index is 509. The summed E-state index contributed by atoms with van der Waals surface area (Å²) in [5, 5.41) is 10.9. The molecule has 5 heteroatoms. The lowest BCUT2D eigenvalue weighted by molar-refractivity contribution is -0.384. The first-order chi connectivity index (χ1) is 7.66. The van der Waals surface area contributed by atoms with E-state index >= 15 is 0 Å². The molecule has 82 valence electrons. The fraction of sp³-hybridized carbons (Fsp3) is 0.0909. The number of aromatic nitrogens is 1. The summed E-state index contributed by atoms with van der Waals surface area (Å²) in [7, 11) is 0. The molecule has 0 N–H and O–H groups in total. The highest BCUT2D eigenvalue weighted by Gasteiger charge is 2.09. The quantitative estimate of drug-likeness (QED) is 0.607. The fourth-order valence-electron chi connectivity index (χ4n) is 1.45. The van der Waals surface area contributed by atoms with E-state index in [9.17, 15) is 10.1 Å². The van der Waals surface area contributed by atoms with Gasteiger partial charge in [0.2, 0.25) is 0 Å². The van der Waals surface area contributed by atoms with Crippen LogP contribution in [0.15, 0.2) is 42.7 Å². The van der Waals surface area contributed by atoms with Crippen LogP contribution in [-0.2, 0) is 6.54 Å². The predicted molar refractivity (Wildman–Crippen MR) is 61.6 cm³/mol. The van der Waals surface area contributed by atoms with Crippen LogP contribution in [0.2, 0.25) is 5.02 Å². The van der Waals surface area contributed by atoms with E-state index < -0.39 is 4.92 Å². The third-order valence-electron chi connectivity index (χ3n) is 2.27. The Kier molecular flexibility index (Phi) is 2.92. The van der Waals surface area contributed by atoms with Gasteiger partial charge in [-0.25, -0.2) is 0 Å². The van der Waals surface area contributed by atoms with Gasteiger partial charge in [0, 0.05) is 31.1 Å². The number of hydrogen-bond donors (Lipinski definition) is 0. The van der Waals surface area contributed by atoms with E-state index in [4.69, 9.17) is 11.6 Å². The highest BCUT2D eigenvalue weighted by molar-refractivity contribution is 6.31. The minimum atomic E-state index is -0.453. The molecule has 0 bridgehead atoms. The molecular weight excluding hydrogens is 228 g/mol. The first kappa shape index (κ1) is 10.7. The largest absolute Gasteiger partial charge is 0.350 e. The summed E-state index contributed by atoms with van der Waals surface area (Å²) < 4.78 is 1.95. The Hall–Kier alpha value is -1.81. The molecule has 0 saturated heterocycles. The number of rotatable bonds is 3. The number of nitro benzene ring substituents is 1. The third kappa shape index (κ3) is 2.23. The highest BCUT2D eigenvalue weighted by atomic mass is 35.5. The number of nitrogens with zero attached hydrogens (tertiary/aromatic N) is 2. The maximum absolute atomic E-state index is 10.5. The standard InChI is InChI=1S/C11H9ClN2O2/c12-11-7-10(14(15)16)4-3-9(11)8-13-5-1-2-6-13/h1-7H,8H2. The Labute approximate surface area is 97.2 Å². The number of non-ortho nitro benzene ring substituents is 1. The molecular formula is C11H9ClN2O2. The minimum Gasteiger partial charge on any atom is -0.350 e. The van der Waals surface area contributed by atoms with Crippen molar-refractivity contribution in [2.75, 3.05) is 0 Å². The Morgan fingerprint density at radius 1 is 1.31 bits per heavy atom. The SMILES string of the molecule is O=[N+]([O-])c1ccc(Cn2cccc2)c(Cl)c1. The van der Waals surface area contributed by atoms with E-state index in [1.807, 2.05) is 29.1 Å². The van der Waals surface area contributed by atoms with E-state index in [2.05, 4.69) is 0 Å². The molecule has 0 fully saturated rings. The zero-order valence-corrected chi connectivity index (χ0v) is 9.09. The number of hydrogen-bond acceptors (Lipinski definition) is 2. The van der Waals surface area contributed by atoms with Crippen LogP contribution < -0.4 is 0 Å². The van der Waals surface area contributed by atoms with Gasteiger partial charge in [-0.15, -0.1) is 0 Å². The van der Waals surface area contributed by atoms with Crippen molar-refractivity contribution < 1.29 is 4.92 Å². The third-order valence-corrected chi connectivity index (χ3v) is 2.62. The molecule has 2 rings (SSSR count). The lowest BCUT2D eigenvalue weighted by Crippen LogP contribution is -1.97. The van der Waals surface area contributed by atoms with Crippen LogP contribution in [0.1, 0.15) is 5.56 Å². The van der Waals surface area contributed by atoms with Gasteiger partial charge in [-0.1, -0.05) is 11.6 Å². The summed E-state index contributed by atoms with van der Waals surface area (Å²) in [6.45, 7) is 0.615. The zero-order chi connectivity index (χ0) is 11.5. The fourth-order valence-corrected chi connectivity index (χ4v) is 1.68. The van der Waals surface area contributed by atoms with Gasteiger partial charge in [0.05, 0.1) is 9.95 Å². The monoisotopic (exact) mass is 236 g/mol. The molecule has 0 spiro atoms. The van der Waals surface area contributed by atoms with Crippen LogP contribution in [0.3, 0.4) is 0 Å². The summed E-state index contributed by atoms with van der Waals surface area (Å²) in [5.74, 6) is 0. The van der Waals surface area contributed by atoms with Gasteiger partial charge in [-0.2, -0.15) is 0 Å². The van der Waals surface area contributed by atoms with E-state index in [-0.39, 0.29) is 5.69 Å². The number of nitro groups is 1. The van der Waals surface area contributed by atoms with Crippen LogP contribution in [-0.4, -0.2) is 9.49 Å². The molecule has 4 nitrogen and oxygen atoms in total. The van der Waals surface area contributed by atoms with Crippen LogP contribution >= 0.6 is 11.6 Å². The van der Waals surface area contributed by atoms with Gasteiger partial charge in [0.25, 0.3) is 5.69 Å².